The van der Waals surface area contributed by atoms with Crippen molar-refractivity contribution in [3.05, 3.63) is 34.9 Å². The van der Waals surface area contributed by atoms with Gasteiger partial charge in [0.25, 0.3) is 5.91 Å². The third kappa shape index (κ3) is 2.75. The zero-order valence-electron chi connectivity index (χ0n) is 14.1. The second-order valence-electron chi connectivity index (χ2n) is 4.96. The van der Waals surface area contributed by atoms with E-state index in [4.69, 9.17) is 26.2 Å². The molecule has 0 unspecified atom stereocenters. The van der Waals surface area contributed by atoms with E-state index in [1.54, 1.807) is 6.07 Å². The minimum Gasteiger partial charge on any atom is -0.493 e. The molecule has 2 rings (SSSR count). The van der Waals surface area contributed by atoms with Crippen molar-refractivity contribution in [2.24, 2.45) is 5.73 Å². The lowest BCUT2D eigenvalue weighted by Gasteiger charge is -2.17. The fourth-order valence-electron chi connectivity index (χ4n) is 2.46. The third-order valence-corrected chi connectivity index (χ3v) is 3.64. The van der Waals surface area contributed by atoms with Crippen LogP contribution in [0.4, 0.5) is 10.1 Å². The molecule has 0 spiro atoms. The number of nitrogen functional groups attached to an aromatic ring is 1. The molecule has 0 fully saturated rings. The van der Waals surface area contributed by atoms with Crippen molar-refractivity contribution in [3.63, 3.8) is 0 Å². The quantitative estimate of drug-likeness (QED) is 0.754. The smallest absolute Gasteiger partial charge is 0.357 e. The van der Waals surface area contributed by atoms with E-state index in [0.29, 0.717) is 0 Å². The van der Waals surface area contributed by atoms with Gasteiger partial charge in [-0.05, 0) is 6.07 Å². The zero-order chi connectivity index (χ0) is 19.6. The largest absolute Gasteiger partial charge is 0.493 e. The molecule has 1 heterocycles. The average molecular weight is 362 g/mol. The molecule has 4 N–H and O–H groups in total. The first-order chi connectivity index (χ1) is 12.3. The van der Waals surface area contributed by atoms with Crippen molar-refractivity contribution < 1.29 is 28.2 Å². The molecule has 0 bridgehead atoms. The summed E-state index contributed by atoms with van der Waals surface area (Å²) in [4.78, 5) is 24.0. The lowest BCUT2D eigenvalue weighted by Crippen LogP contribution is -2.19. The molecule has 1 amide bonds. The summed E-state index contributed by atoms with van der Waals surface area (Å²) in [6.07, 6.45) is 1.10. The van der Waals surface area contributed by atoms with Gasteiger partial charge in [0.15, 0.2) is 23.0 Å². The summed E-state index contributed by atoms with van der Waals surface area (Å²) in [5, 5.41) is 9.16. The Morgan fingerprint density at radius 2 is 1.92 bits per heavy atom. The highest BCUT2D eigenvalue weighted by molar-refractivity contribution is 6.00. The van der Waals surface area contributed by atoms with Crippen molar-refractivity contribution in [1.29, 1.82) is 5.26 Å². The number of ether oxygens (including phenoxy) is 3. The highest BCUT2D eigenvalue weighted by atomic mass is 19.1. The fraction of sp³-hybridized carbons (Fsp3) is 0.188. The van der Waals surface area contributed by atoms with Crippen LogP contribution in [0.15, 0.2) is 12.3 Å². The number of nitriles is 1. The minimum atomic E-state index is -1.04. The summed E-state index contributed by atoms with van der Waals surface area (Å²) in [5.74, 6) is -3.38. The first-order valence-corrected chi connectivity index (χ1v) is 7.06. The molecule has 0 aliphatic rings. The Kier molecular flexibility index (Phi) is 5.02. The maximum absolute atomic E-state index is 15.1. The maximum atomic E-state index is 15.1. The van der Waals surface area contributed by atoms with Crippen LogP contribution in [0.5, 0.6) is 11.5 Å². The van der Waals surface area contributed by atoms with E-state index in [1.807, 2.05) is 0 Å². The molecule has 1 aromatic carbocycles. The lowest BCUT2D eigenvalue weighted by molar-refractivity contribution is 0.0592. The number of esters is 1. The molecular weight excluding hydrogens is 347 g/mol. The van der Waals surface area contributed by atoms with E-state index in [2.05, 4.69) is 4.74 Å². The van der Waals surface area contributed by atoms with E-state index in [9.17, 15) is 9.59 Å². The number of amides is 1. The summed E-state index contributed by atoms with van der Waals surface area (Å²) in [6.45, 7) is 0. The van der Waals surface area contributed by atoms with Crippen LogP contribution in [0.2, 0.25) is 0 Å². The summed E-state index contributed by atoms with van der Waals surface area (Å²) in [7, 11) is 3.54. The van der Waals surface area contributed by atoms with Crippen molar-refractivity contribution in [2.75, 3.05) is 27.1 Å². The third-order valence-electron chi connectivity index (χ3n) is 3.64. The predicted octanol–water partition coefficient (Wildman–Crippen LogP) is 0.973. The molecule has 0 saturated carbocycles. The van der Waals surface area contributed by atoms with Crippen molar-refractivity contribution >= 4 is 17.6 Å². The van der Waals surface area contributed by atoms with Gasteiger partial charge in [-0.25, -0.2) is 9.18 Å². The Labute approximate surface area is 147 Å². The van der Waals surface area contributed by atoms with Crippen molar-refractivity contribution in [2.45, 2.75) is 0 Å². The number of rotatable bonds is 5. The summed E-state index contributed by atoms with van der Waals surface area (Å²) in [5.41, 5.74) is 9.71. The number of halogens is 1. The number of carbonyl (C=O) groups is 2. The number of nitrogens with zero attached hydrogens (tertiary/aromatic N) is 2. The molecule has 26 heavy (non-hydrogen) atoms. The second kappa shape index (κ2) is 7.02. The van der Waals surface area contributed by atoms with Crippen molar-refractivity contribution in [1.82, 2.24) is 4.57 Å². The van der Waals surface area contributed by atoms with Gasteiger partial charge >= 0.3 is 5.97 Å². The van der Waals surface area contributed by atoms with Crippen LogP contribution in [0.3, 0.4) is 0 Å². The predicted molar refractivity (Wildman–Crippen MR) is 87.8 cm³/mol. The van der Waals surface area contributed by atoms with Gasteiger partial charge in [-0.15, -0.1) is 0 Å². The van der Waals surface area contributed by atoms with Gasteiger partial charge in [-0.3, -0.25) is 4.79 Å². The summed E-state index contributed by atoms with van der Waals surface area (Å²) in [6, 6.07) is 2.93. The molecule has 136 valence electrons. The van der Waals surface area contributed by atoms with E-state index >= 15 is 4.39 Å². The molecule has 1 aromatic heterocycles. The van der Waals surface area contributed by atoms with Gasteiger partial charge in [-0.2, -0.15) is 5.26 Å². The van der Waals surface area contributed by atoms with Crippen LogP contribution in [0.25, 0.3) is 5.69 Å². The maximum Gasteiger partial charge on any atom is 0.357 e. The highest BCUT2D eigenvalue weighted by Crippen LogP contribution is 2.38. The molecule has 0 saturated heterocycles. The topological polar surface area (TPSA) is 143 Å². The standard InChI is InChI=1S/C16H15FN4O5/c1-24-9-4-8(15(20)22)12(10(17)14(9)25-2)21-6-7(5-18)11(19)13(21)16(23)26-3/h4,6H,19H2,1-3H3,(H2,20,22). The Morgan fingerprint density at radius 3 is 2.38 bits per heavy atom. The van der Waals surface area contributed by atoms with Gasteiger partial charge in [0, 0.05) is 6.20 Å². The monoisotopic (exact) mass is 362 g/mol. The van der Waals surface area contributed by atoms with Crippen LogP contribution < -0.4 is 20.9 Å². The van der Waals surface area contributed by atoms with E-state index in [-0.39, 0.29) is 34.0 Å². The Bertz CT molecular complexity index is 945. The molecule has 0 radical (unpaired) electrons. The number of benzene rings is 1. The fourth-order valence-corrected chi connectivity index (χ4v) is 2.46. The SMILES string of the molecule is COC(=O)c1c(N)c(C#N)cn1-c1c(C(N)=O)cc(OC)c(OC)c1F. The average Bonchev–Trinajstić information content (AvgIpc) is 2.95. The molecular formula is C16H15FN4O5. The van der Waals surface area contributed by atoms with E-state index < -0.39 is 23.4 Å². The van der Waals surface area contributed by atoms with Gasteiger partial charge in [0.1, 0.15) is 6.07 Å². The number of anilines is 1. The van der Waals surface area contributed by atoms with Crippen LogP contribution in [0.1, 0.15) is 26.4 Å². The Morgan fingerprint density at radius 1 is 1.27 bits per heavy atom. The van der Waals surface area contributed by atoms with Crippen LogP contribution in [-0.2, 0) is 4.74 Å². The number of nitrogens with two attached hydrogens (primary N) is 2. The normalized spacial score (nSPS) is 10.1. The molecule has 0 aliphatic carbocycles. The number of carbonyl (C=O) groups excluding carboxylic acids is 2. The lowest BCUT2D eigenvalue weighted by atomic mass is 10.1. The molecule has 0 aliphatic heterocycles. The molecule has 0 atom stereocenters. The summed E-state index contributed by atoms with van der Waals surface area (Å²) >= 11 is 0. The van der Waals surface area contributed by atoms with E-state index in [1.165, 1.54) is 14.2 Å². The number of methoxy groups -OCH3 is 3. The first-order valence-electron chi connectivity index (χ1n) is 7.06. The van der Waals surface area contributed by atoms with Crippen LogP contribution in [0, 0.1) is 17.1 Å². The number of hydrogen-bond acceptors (Lipinski definition) is 7. The number of aromatic nitrogens is 1. The Balaban J connectivity index is 2.99. The van der Waals surface area contributed by atoms with Gasteiger partial charge in [0.2, 0.25) is 0 Å². The molecule has 9 nitrogen and oxygen atoms in total. The zero-order valence-corrected chi connectivity index (χ0v) is 14.1. The minimum absolute atomic E-state index is 0.0807. The van der Waals surface area contributed by atoms with E-state index in [0.717, 1.165) is 23.9 Å². The van der Waals surface area contributed by atoms with Gasteiger partial charge in [0.05, 0.1) is 43.8 Å². The molecule has 2 aromatic rings. The highest BCUT2D eigenvalue weighted by Gasteiger charge is 2.29. The first kappa shape index (κ1) is 18.6. The number of hydrogen-bond donors (Lipinski definition) is 2. The van der Waals surface area contributed by atoms with Gasteiger partial charge in [-0.1, -0.05) is 0 Å². The van der Waals surface area contributed by atoms with Crippen LogP contribution in [-0.4, -0.2) is 37.8 Å². The van der Waals surface area contributed by atoms with Crippen molar-refractivity contribution in [3.8, 4) is 23.3 Å². The van der Waals surface area contributed by atoms with Crippen LogP contribution >= 0.6 is 0 Å². The number of primary amides is 1. The molecule has 10 heteroatoms. The Hall–Kier alpha value is -3.74. The second-order valence-corrected chi connectivity index (χ2v) is 4.96. The van der Waals surface area contributed by atoms with Gasteiger partial charge < -0.3 is 30.2 Å². The summed E-state index contributed by atoms with van der Waals surface area (Å²) < 4.78 is 30.6.